The molecule has 2 atom stereocenters. The predicted octanol–water partition coefficient (Wildman–Crippen LogP) is 4.45. The van der Waals surface area contributed by atoms with Gasteiger partial charge < -0.3 is 20.3 Å². The van der Waals surface area contributed by atoms with Crippen molar-refractivity contribution in [2.45, 2.75) is 43.7 Å². The fraction of sp³-hybridized carbons (Fsp3) is 0.407. The lowest BCUT2D eigenvalue weighted by molar-refractivity contribution is 0.0731. The summed E-state index contributed by atoms with van der Waals surface area (Å²) >= 11 is 1.60. The van der Waals surface area contributed by atoms with E-state index in [9.17, 15) is 9.00 Å². The average Bonchev–Trinajstić information content (AvgIpc) is 3.54. The molecule has 1 amide bonds. The Hall–Kier alpha value is -2.82. The first-order valence-corrected chi connectivity index (χ1v) is 14.9. The second-order valence-electron chi connectivity index (χ2n) is 9.31. The molecule has 0 radical (unpaired) electrons. The third-order valence-corrected chi connectivity index (χ3v) is 8.82. The Morgan fingerprint density at radius 1 is 1.35 bits per heavy atom. The molecule has 5 rings (SSSR count). The topological polar surface area (TPSA) is 83.6 Å². The fourth-order valence-electron chi connectivity index (χ4n) is 4.89. The van der Waals surface area contributed by atoms with Crippen LogP contribution in [0.3, 0.4) is 0 Å². The number of nitrogens with one attached hydrogen (secondary N) is 2. The van der Waals surface area contributed by atoms with Gasteiger partial charge in [0.15, 0.2) is 5.13 Å². The Bertz CT molecular complexity index is 1320. The van der Waals surface area contributed by atoms with Gasteiger partial charge in [0.1, 0.15) is 18.2 Å². The van der Waals surface area contributed by atoms with Crippen LogP contribution in [0, 0.1) is 5.82 Å². The summed E-state index contributed by atoms with van der Waals surface area (Å²) in [4.78, 5) is 20.9. The van der Waals surface area contributed by atoms with E-state index < -0.39 is 16.6 Å². The molecule has 196 valence electrons. The Morgan fingerprint density at radius 2 is 2.22 bits per heavy atom. The zero-order valence-corrected chi connectivity index (χ0v) is 22.6. The van der Waals surface area contributed by atoms with Crippen LogP contribution in [0.15, 0.2) is 41.4 Å². The molecular weight excluding hydrogens is 511 g/mol. The van der Waals surface area contributed by atoms with Gasteiger partial charge in [0, 0.05) is 48.3 Å². The van der Waals surface area contributed by atoms with Crippen molar-refractivity contribution < 1.29 is 18.1 Å². The minimum Gasteiger partial charge on any atom is -0.491 e. The number of carbonyl (C=O) groups is 1. The van der Waals surface area contributed by atoms with Gasteiger partial charge in [-0.15, -0.1) is 0 Å². The zero-order valence-electron chi connectivity index (χ0n) is 21.0. The van der Waals surface area contributed by atoms with Crippen molar-refractivity contribution in [3.05, 3.63) is 59.0 Å². The SMILES string of the molecule is CCc1c(C(=O)N2CCOc3ccc(-c4cnc(NCC5CCCN5)s4)cc3C2)ccc(S(C)=O)c1F. The lowest BCUT2D eigenvalue weighted by Gasteiger charge is -2.22. The summed E-state index contributed by atoms with van der Waals surface area (Å²) in [5.74, 6) is -0.0649. The number of hydrogen-bond acceptors (Lipinski definition) is 7. The molecule has 3 aromatic rings. The van der Waals surface area contributed by atoms with Gasteiger partial charge in [-0.3, -0.25) is 9.00 Å². The van der Waals surface area contributed by atoms with E-state index in [0.29, 0.717) is 43.3 Å². The number of halogens is 1. The number of thiazole rings is 1. The van der Waals surface area contributed by atoms with Gasteiger partial charge in [-0.25, -0.2) is 9.37 Å². The van der Waals surface area contributed by atoms with Crippen molar-refractivity contribution in [2.24, 2.45) is 0 Å². The second kappa shape index (κ2) is 11.3. The third-order valence-electron chi connectivity index (χ3n) is 6.88. The summed E-state index contributed by atoms with van der Waals surface area (Å²) in [6.45, 7) is 4.82. The van der Waals surface area contributed by atoms with E-state index in [1.54, 1.807) is 29.2 Å². The van der Waals surface area contributed by atoms with Crippen molar-refractivity contribution >= 4 is 33.2 Å². The van der Waals surface area contributed by atoms with E-state index in [0.717, 1.165) is 40.0 Å². The van der Waals surface area contributed by atoms with Crippen LogP contribution < -0.4 is 15.4 Å². The van der Waals surface area contributed by atoms with Gasteiger partial charge in [-0.05, 0) is 61.7 Å². The van der Waals surface area contributed by atoms with Crippen LogP contribution in [0.4, 0.5) is 9.52 Å². The van der Waals surface area contributed by atoms with Crippen LogP contribution in [0.25, 0.3) is 10.4 Å². The Balaban J connectivity index is 1.35. The number of hydrogen-bond donors (Lipinski definition) is 2. The number of benzene rings is 2. The number of ether oxygens (including phenoxy) is 1. The monoisotopic (exact) mass is 542 g/mol. The number of nitrogens with zero attached hydrogens (tertiary/aromatic N) is 2. The molecule has 2 aliphatic heterocycles. The van der Waals surface area contributed by atoms with Crippen molar-refractivity contribution in [1.29, 1.82) is 0 Å². The molecule has 1 aromatic heterocycles. The smallest absolute Gasteiger partial charge is 0.254 e. The van der Waals surface area contributed by atoms with Crippen LogP contribution in [0.2, 0.25) is 0 Å². The van der Waals surface area contributed by atoms with Gasteiger partial charge in [0.25, 0.3) is 5.91 Å². The number of anilines is 1. The number of fused-ring (bicyclic) bond motifs is 1. The van der Waals surface area contributed by atoms with E-state index in [2.05, 4.69) is 15.6 Å². The Morgan fingerprint density at radius 3 is 2.97 bits per heavy atom. The summed E-state index contributed by atoms with van der Waals surface area (Å²) < 4.78 is 32.9. The maximum absolute atomic E-state index is 15.0. The molecule has 2 N–H and O–H groups in total. The maximum atomic E-state index is 15.0. The quantitative estimate of drug-likeness (QED) is 0.459. The molecule has 37 heavy (non-hydrogen) atoms. The van der Waals surface area contributed by atoms with Gasteiger partial charge in [0.2, 0.25) is 0 Å². The van der Waals surface area contributed by atoms with E-state index in [1.165, 1.54) is 25.2 Å². The molecule has 7 nitrogen and oxygen atoms in total. The highest BCUT2D eigenvalue weighted by Gasteiger charge is 2.26. The van der Waals surface area contributed by atoms with Gasteiger partial charge in [0.05, 0.1) is 27.1 Å². The average molecular weight is 543 g/mol. The first kappa shape index (κ1) is 25.8. The van der Waals surface area contributed by atoms with Crippen LogP contribution in [0.5, 0.6) is 5.75 Å². The molecule has 2 aromatic carbocycles. The molecule has 3 heterocycles. The Kier molecular flexibility index (Phi) is 7.87. The maximum Gasteiger partial charge on any atom is 0.254 e. The largest absolute Gasteiger partial charge is 0.491 e. The molecular formula is C27H31FN4O3S2. The molecule has 0 spiro atoms. The highest BCUT2D eigenvalue weighted by Crippen LogP contribution is 2.34. The molecule has 2 unspecified atom stereocenters. The normalized spacial score (nSPS) is 18.1. The minimum absolute atomic E-state index is 0.125. The van der Waals surface area contributed by atoms with Crippen LogP contribution in [-0.2, 0) is 23.8 Å². The minimum atomic E-state index is -1.46. The molecule has 2 aliphatic rings. The number of rotatable bonds is 7. The summed E-state index contributed by atoms with van der Waals surface area (Å²) in [6.07, 6.45) is 6.04. The predicted molar refractivity (Wildman–Crippen MR) is 145 cm³/mol. The van der Waals surface area contributed by atoms with Gasteiger partial charge in [-0.1, -0.05) is 18.3 Å². The highest BCUT2D eigenvalue weighted by molar-refractivity contribution is 7.84. The first-order chi connectivity index (χ1) is 17.9. The number of amides is 1. The molecule has 0 aliphatic carbocycles. The van der Waals surface area contributed by atoms with E-state index in [4.69, 9.17) is 4.74 Å². The highest BCUT2D eigenvalue weighted by atomic mass is 32.2. The molecule has 1 fully saturated rings. The summed E-state index contributed by atoms with van der Waals surface area (Å²) in [6, 6.07) is 9.54. The zero-order chi connectivity index (χ0) is 25.9. The van der Waals surface area contributed by atoms with E-state index in [1.807, 2.05) is 24.4 Å². The molecule has 1 saturated heterocycles. The standard InChI is InChI=1S/C27H31FN4O3S2/c1-3-20-21(7-9-24(25(20)28)37(2)34)26(33)32-11-12-35-22-8-6-17(13-18(22)16-32)23-15-31-27(36-23)30-14-19-5-4-10-29-19/h6-9,13,15,19,29H,3-5,10-12,14,16H2,1-2H3,(H,30,31). The van der Waals surface area contributed by atoms with Gasteiger partial charge >= 0.3 is 0 Å². The van der Waals surface area contributed by atoms with Crippen LogP contribution >= 0.6 is 11.3 Å². The first-order valence-electron chi connectivity index (χ1n) is 12.6. The number of aromatic nitrogens is 1. The summed E-state index contributed by atoms with van der Waals surface area (Å²) in [5.41, 5.74) is 2.51. The van der Waals surface area contributed by atoms with Crippen molar-refractivity contribution in [1.82, 2.24) is 15.2 Å². The summed E-state index contributed by atoms with van der Waals surface area (Å²) in [5, 5.41) is 7.80. The lowest BCUT2D eigenvalue weighted by atomic mass is 10.0. The van der Waals surface area contributed by atoms with Gasteiger partial charge in [-0.2, -0.15) is 0 Å². The molecule has 10 heteroatoms. The fourth-order valence-corrected chi connectivity index (χ4v) is 6.34. The Labute approximate surface area is 222 Å². The third kappa shape index (κ3) is 5.56. The van der Waals surface area contributed by atoms with Crippen molar-refractivity contribution in [3.63, 3.8) is 0 Å². The van der Waals surface area contributed by atoms with Crippen molar-refractivity contribution in [3.8, 4) is 16.2 Å². The van der Waals surface area contributed by atoms with E-state index >= 15 is 4.39 Å². The lowest BCUT2D eigenvalue weighted by Crippen LogP contribution is -2.33. The summed E-state index contributed by atoms with van der Waals surface area (Å²) in [7, 11) is -1.46. The van der Waals surface area contributed by atoms with Crippen molar-refractivity contribution in [2.75, 3.05) is 37.8 Å². The molecule has 0 bridgehead atoms. The molecule has 0 saturated carbocycles. The number of carbonyl (C=O) groups excluding carboxylic acids is 1. The van der Waals surface area contributed by atoms with Crippen LogP contribution in [0.1, 0.15) is 41.3 Å². The van der Waals surface area contributed by atoms with E-state index in [-0.39, 0.29) is 10.8 Å². The second-order valence-corrected chi connectivity index (χ2v) is 11.7. The van der Waals surface area contributed by atoms with Crippen LogP contribution in [-0.4, -0.2) is 58.5 Å².